The lowest BCUT2D eigenvalue weighted by Gasteiger charge is -2.38. The molecular formula is C19H20ClF2NO2. The predicted molar refractivity (Wildman–Crippen MR) is 94.8 cm³/mol. The first kappa shape index (κ1) is 19.3. The number of benzene rings is 1. The van der Waals surface area contributed by atoms with Crippen LogP contribution < -0.4 is 5.32 Å². The highest BCUT2D eigenvalue weighted by Crippen LogP contribution is 2.35. The van der Waals surface area contributed by atoms with Gasteiger partial charge < -0.3 is 10.1 Å². The van der Waals surface area contributed by atoms with E-state index in [1.54, 1.807) is 12.1 Å². The van der Waals surface area contributed by atoms with Crippen LogP contribution in [0.1, 0.15) is 18.4 Å². The summed E-state index contributed by atoms with van der Waals surface area (Å²) in [6.07, 6.45) is 2.12. The topological polar surface area (TPSA) is 38.3 Å². The first-order chi connectivity index (χ1) is 11.8. The van der Waals surface area contributed by atoms with Crippen LogP contribution in [0.3, 0.4) is 0 Å². The SMILES string of the molecule is C=C(F)/C=C(\C(=C)F)C(=O)NCC1(c2ccc(Cl)cc2)CCOCC1. The third kappa shape index (κ3) is 5.00. The molecule has 1 amide bonds. The minimum absolute atomic E-state index is 0.264. The van der Waals surface area contributed by atoms with Crippen LogP contribution in [0.2, 0.25) is 5.02 Å². The van der Waals surface area contributed by atoms with Gasteiger partial charge in [-0.25, -0.2) is 8.78 Å². The molecule has 0 atom stereocenters. The molecule has 0 aliphatic carbocycles. The van der Waals surface area contributed by atoms with Gasteiger partial charge in [0.15, 0.2) is 0 Å². The van der Waals surface area contributed by atoms with Crippen molar-refractivity contribution in [1.29, 1.82) is 0 Å². The number of allylic oxidation sites excluding steroid dienone is 2. The van der Waals surface area contributed by atoms with Crippen molar-refractivity contribution in [3.8, 4) is 0 Å². The molecule has 1 aromatic carbocycles. The average molecular weight is 368 g/mol. The quantitative estimate of drug-likeness (QED) is 0.598. The Balaban J connectivity index is 2.20. The summed E-state index contributed by atoms with van der Waals surface area (Å²) in [5.74, 6) is -2.66. The van der Waals surface area contributed by atoms with Gasteiger partial charge in [0.1, 0.15) is 11.7 Å². The van der Waals surface area contributed by atoms with Gasteiger partial charge in [-0.3, -0.25) is 4.79 Å². The standard InChI is InChI=1S/C19H20ClF2NO2/c1-13(21)11-17(14(2)22)18(24)23-12-19(7-9-25-10-8-19)15-3-5-16(20)6-4-15/h3-6,11H,1-2,7-10,12H2,(H,23,24)/b17-11+. The van der Waals surface area contributed by atoms with E-state index in [4.69, 9.17) is 16.3 Å². The third-order valence-corrected chi connectivity index (χ3v) is 4.58. The maximum absolute atomic E-state index is 13.4. The molecule has 6 heteroatoms. The number of rotatable bonds is 6. The summed E-state index contributed by atoms with van der Waals surface area (Å²) in [6, 6.07) is 7.40. The number of hydrogen-bond donors (Lipinski definition) is 1. The largest absolute Gasteiger partial charge is 0.381 e. The van der Waals surface area contributed by atoms with Gasteiger partial charge in [-0.15, -0.1) is 0 Å². The van der Waals surface area contributed by atoms with E-state index in [1.165, 1.54) is 0 Å². The molecule has 1 aromatic rings. The van der Waals surface area contributed by atoms with Crippen LogP contribution in [0, 0.1) is 0 Å². The summed E-state index contributed by atoms with van der Waals surface area (Å²) in [7, 11) is 0. The molecule has 0 spiro atoms. The zero-order valence-electron chi connectivity index (χ0n) is 13.8. The Morgan fingerprint density at radius 1 is 1.24 bits per heavy atom. The van der Waals surface area contributed by atoms with E-state index in [-0.39, 0.29) is 12.0 Å². The fraction of sp³-hybridized carbons (Fsp3) is 0.316. The summed E-state index contributed by atoms with van der Waals surface area (Å²) in [5.41, 5.74) is 0.194. The van der Waals surface area contributed by atoms with Crippen LogP contribution in [0.5, 0.6) is 0 Å². The summed E-state index contributed by atoms with van der Waals surface area (Å²) in [5, 5.41) is 3.31. The number of carbonyl (C=O) groups excluding carboxylic acids is 1. The fourth-order valence-corrected chi connectivity index (χ4v) is 3.03. The second kappa shape index (κ2) is 8.41. The molecule has 2 rings (SSSR count). The Kier molecular flexibility index (Phi) is 6.51. The molecule has 1 aliphatic rings. The zero-order chi connectivity index (χ0) is 18.4. The van der Waals surface area contributed by atoms with Gasteiger partial charge in [0, 0.05) is 30.2 Å². The minimum atomic E-state index is -1.01. The van der Waals surface area contributed by atoms with Gasteiger partial charge in [-0.1, -0.05) is 36.9 Å². The highest BCUT2D eigenvalue weighted by molar-refractivity contribution is 6.30. The van der Waals surface area contributed by atoms with Crippen LogP contribution in [-0.4, -0.2) is 25.7 Å². The van der Waals surface area contributed by atoms with Gasteiger partial charge in [-0.2, -0.15) is 0 Å². The molecule has 134 valence electrons. The van der Waals surface area contributed by atoms with Gasteiger partial charge in [-0.05, 0) is 36.6 Å². The number of ether oxygens (including phenoxy) is 1. The summed E-state index contributed by atoms with van der Waals surface area (Å²) < 4.78 is 31.8. The van der Waals surface area contributed by atoms with E-state index in [1.807, 2.05) is 12.1 Å². The lowest BCUT2D eigenvalue weighted by Crippen LogP contribution is -2.45. The maximum atomic E-state index is 13.4. The summed E-state index contributed by atoms with van der Waals surface area (Å²) in [4.78, 5) is 12.3. The van der Waals surface area contributed by atoms with E-state index < -0.39 is 23.1 Å². The lowest BCUT2D eigenvalue weighted by atomic mass is 9.74. The number of nitrogens with one attached hydrogen (secondary N) is 1. The van der Waals surface area contributed by atoms with Crippen molar-refractivity contribution in [3.63, 3.8) is 0 Å². The second-order valence-electron chi connectivity index (χ2n) is 5.99. The Hall–Kier alpha value is -1.98. The first-order valence-corrected chi connectivity index (χ1v) is 8.25. The Morgan fingerprint density at radius 2 is 1.84 bits per heavy atom. The molecule has 25 heavy (non-hydrogen) atoms. The number of amides is 1. The van der Waals surface area contributed by atoms with Crippen LogP contribution in [0.25, 0.3) is 0 Å². The maximum Gasteiger partial charge on any atom is 0.254 e. The molecule has 1 N–H and O–H groups in total. The average Bonchev–Trinajstić information content (AvgIpc) is 2.58. The van der Waals surface area contributed by atoms with Gasteiger partial charge >= 0.3 is 0 Å². The van der Waals surface area contributed by atoms with Crippen molar-refractivity contribution in [3.05, 3.63) is 71.3 Å². The number of hydrogen-bond acceptors (Lipinski definition) is 2. The van der Waals surface area contributed by atoms with Gasteiger partial charge in [0.25, 0.3) is 5.91 Å². The molecule has 0 aromatic heterocycles. The molecule has 0 saturated carbocycles. The van der Waals surface area contributed by atoms with Crippen molar-refractivity contribution in [2.75, 3.05) is 19.8 Å². The summed E-state index contributed by atoms with van der Waals surface area (Å²) >= 11 is 5.95. The van der Waals surface area contributed by atoms with Crippen molar-refractivity contribution < 1.29 is 18.3 Å². The molecule has 1 fully saturated rings. The molecule has 1 saturated heterocycles. The first-order valence-electron chi connectivity index (χ1n) is 7.87. The zero-order valence-corrected chi connectivity index (χ0v) is 14.5. The summed E-state index contributed by atoms with van der Waals surface area (Å²) in [6.45, 7) is 7.46. The second-order valence-corrected chi connectivity index (χ2v) is 6.43. The Labute approximate surface area is 151 Å². The molecule has 0 radical (unpaired) electrons. The van der Waals surface area contributed by atoms with Crippen molar-refractivity contribution in [1.82, 2.24) is 5.32 Å². The van der Waals surface area contributed by atoms with E-state index in [9.17, 15) is 13.6 Å². The molecule has 0 unspecified atom stereocenters. The highest BCUT2D eigenvalue weighted by atomic mass is 35.5. The lowest BCUT2D eigenvalue weighted by molar-refractivity contribution is -0.117. The van der Waals surface area contributed by atoms with Crippen LogP contribution in [-0.2, 0) is 14.9 Å². The molecule has 3 nitrogen and oxygen atoms in total. The monoisotopic (exact) mass is 367 g/mol. The van der Waals surface area contributed by atoms with E-state index in [2.05, 4.69) is 18.5 Å². The van der Waals surface area contributed by atoms with E-state index in [0.717, 1.165) is 11.6 Å². The van der Waals surface area contributed by atoms with Crippen molar-refractivity contribution in [2.45, 2.75) is 18.3 Å². The fourth-order valence-electron chi connectivity index (χ4n) is 2.90. The van der Waals surface area contributed by atoms with E-state index >= 15 is 0 Å². The number of carbonyl (C=O) groups is 1. The molecule has 0 bridgehead atoms. The van der Waals surface area contributed by atoms with Crippen molar-refractivity contribution >= 4 is 17.5 Å². The normalized spacial score (nSPS) is 17.0. The van der Waals surface area contributed by atoms with Crippen LogP contribution in [0.4, 0.5) is 8.78 Å². The molecule has 1 aliphatic heterocycles. The highest BCUT2D eigenvalue weighted by Gasteiger charge is 2.35. The molecular weight excluding hydrogens is 348 g/mol. The van der Waals surface area contributed by atoms with Gasteiger partial charge in [0.2, 0.25) is 0 Å². The van der Waals surface area contributed by atoms with Crippen molar-refractivity contribution in [2.24, 2.45) is 0 Å². The van der Waals surface area contributed by atoms with E-state index in [0.29, 0.717) is 31.1 Å². The Bertz CT molecular complexity index is 692. The third-order valence-electron chi connectivity index (χ3n) is 4.33. The van der Waals surface area contributed by atoms with Gasteiger partial charge in [0.05, 0.1) is 5.57 Å². The minimum Gasteiger partial charge on any atom is -0.381 e. The number of halogens is 3. The van der Waals surface area contributed by atoms with Crippen LogP contribution in [0.15, 0.2) is 60.7 Å². The smallest absolute Gasteiger partial charge is 0.254 e. The predicted octanol–water partition coefficient (Wildman–Crippen LogP) is 4.40. The molecule has 1 heterocycles. The van der Waals surface area contributed by atoms with Crippen LogP contribution >= 0.6 is 11.6 Å². The Morgan fingerprint density at radius 3 is 2.36 bits per heavy atom.